The average Bonchev–Trinajstić information content (AvgIpc) is 3.30. The number of fused-ring (bicyclic) bond motifs is 1. The minimum Gasteiger partial charge on any atom is -0.437 e. The number of rotatable bonds is 5. The number of hydrogen-bond donors (Lipinski definition) is 1. The highest BCUT2D eigenvalue weighted by Gasteiger charge is 2.24. The molecule has 1 fully saturated rings. The molecule has 0 radical (unpaired) electrons. The Morgan fingerprint density at radius 2 is 2.24 bits per heavy atom. The van der Waals surface area contributed by atoms with Gasteiger partial charge in [-0.1, -0.05) is 5.21 Å². The summed E-state index contributed by atoms with van der Waals surface area (Å²) < 4.78 is 21.7. The van der Waals surface area contributed by atoms with E-state index in [1.165, 1.54) is 25.8 Å². The van der Waals surface area contributed by atoms with Gasteiger partial charge in [0.1, 0.15) is 17.1 Å². The number of aliphatic hydroxyl groups excluding tert-OH is 1. The number of aliphatic hydroxyl groups is 1. The molecule has 1 aromatic carbocycles. The highest BCUT2D eigenvalue weighted by molar-refractivity contribution is 9.10. The van der Waals surface area contributed by atoms with Crippen molar-refractivity contribution in [3.05, 3.63) is 40.2 Å². The molecule has 1 aliphatic rings. The predicted octanol–water partition coefficient (Wildman–Crippen LogP) is 3.98. The van der Waals surface area contributed by atoms with Crippen molar-refractivity contribution in [2.45, 2.75) is 32.4 Å². The number of aromatic nitrogens is 4. The van der Waals surface area contributed by atoms with Crippen molar-refractivity contribution in [3.8, 4) is 11.6 Å². The minimum absolute atomic E-state index is 0.154. The maximum Gasteiger partial charge on any atom is 0.225 e. The van der Waals surface area contributed by atoms with Crippen LogP contribution in [0, 0.1) is 11.7 Å². The Labute approximate surface area is 151 Å². The molecule has 2 aromatic heterocycles. The summed E-state index contributed by atoms with van der Waals surface area (Å²) in [5, 5.41) is 18.3. The molecule has 0 amide bonds. The van der Waals surface area contributed by atoms with E-state index in [0.29, 0.717) is 21.7 Å². The highest BCUT2D eigenvalue weighted by atomic mass is 79.9. The van der Waals surface area contributed by atoms with Gasteiger partial charge in [-0.05, 0) is 59.8 Å². The van der Waals surface area contributed by atoms with E-state index < -0.39 is 11.9 Å². The molecule has 1 saturated carbocycles. The van der Waals surface area contributed by atoms with Gasteiger partial charge in [0.05, 0.1) is 22.3 Å². The number of ether oxygens (including phenoxy) is 1. The summed E-state index contributed by atoms with van der Waals surface area (Å²) in [6, 6.07) is 4.89. The molecule has 1 atom stereocenters. The van der Waals surface area contributed by atoms with E-state index in [1.54, 1.807) is 6.07 Å². The Balaban J connectivity index is 1.69. The lowest BCUT2D eigenvalue weighted by atomic mass is 10.2. The summed E-state index contributed by atoms with van der Waals surface area (Å²) in [4.78, 5) is 3.95. The molecule has 8 heteroatoms. The number of halogens is 2. The molecule has 1 unspecified atom stereocenters. The Bertz CT molecular complexity index is 940. The largest absolute Gasteiger partial charge is 0.437 e. The van der Waals surface area contributed by atoms with E-state index in [4.69, 9.17) is 4.74 Å². The number of pyridine rings is 1. The van der Waals surface area contributed by atoms with E-state index in [-0.39, 0.29) is 11.4 Å². The third-order valence-corrected chi connectivity index (χ3v) is 4.99. The van der Waals surface area contributed by atoms with Crippen LogP contribution >= 0.6 is 15.9 Å². The van der Waals surface area contributed by atoms with E-state index >= 15 is 0 Å². The summed E-state index contributed by atoms with van der Waals surface area (Å²) >= 11 is 3.51. The molecule has 1 aliphatic carbocycles. The van der Waals surface area contributed by atoms with Gasteiger partial charge < -0.3 is 9.84 Å². The summed E-state index contributed by atoms with van der Waals surface area (Å²) in [5.41, 5.74) is 1.90. The number of benzene rings is 1. The van der Waals surface area contributed by atoms with Crippen LogP contribution in [0.3, 0.4) is 0 Å². The molecule has 0 saturated heterocycles. The van der Waals surface area contributed by atoms with Crippen molar-refractivity contribution in [2.75, 3.05) is 0 Å². The molecule has 3 aromatic rings. The van der Waals surface area contributed by atoms with Crippen molar-refractivity contribution in [3.63, 3.8) is 0 Å². The molecule has 2 heterocycles. The number of hydrogen-bond acceptors (Lipinski definition) is 5. The van der Waals surface area contributed by atoms with Gasteiger partial charge >= 0.3 is 0 Å². The smallest absolute Gasteiger partial charge is 0.225 e. The summed E-state index contributed by atoms with van der Waals surface area (Å²) in [6.45, 7) is 2.40. The Kier molecular flexibility index (Phi) is 4.16. The highest BCUT2D eigenvalue weighted by Crippen LogP contribution is 2.37. The molecular weight excluding hydrogens is 391 g/mol. The van der Waals surface area contributed by atoms with Crippen LogP contribution in [0.1, 0.15) is 31.4 Å². The molecule has 0 bridgehead atoms. The van der Waals surface area contributed by atoms with Crippen molar-refractivity contribution in [2.24, 2.45) is 5.92 Å². The van der Waals surface area contributed by atoms with E-state index in [9.17, 15) is 9.50 Å². The molecule has 25 heavy (non-hydrogen) atoms. The van der Waals surface area contributed by atoms with Crippen LogP contribution in [0.5, 0.6) is 11.6 Å². The zero-order valence-corrected chi connectivity index (χ0v) is 15.1. The van der Waals surface area contributed by atoms with Crippen LogP contribution in [0.2, 0.25) is 0 Å². The second kappa shape index (κ2) is 6.34. The zero-order valence-electron chi connectivity index (χ0n) is 13.5. The first kappa shape index (κ1) is 16.4. The van der Waals surface area contributed by atoms with Crippen molar-refractivity contribution >= 4 is 27.0 Å². The van der Waals surface area contributed by atoms with Gasteiger partial charge in [-0.3, -0.25) is 0 Å². The quantitative estimate of drug-likeness (QED) is 0.693. The van der Waals surface area contributed by atoms with E-state index in [1.807, 2.05) is 10.7 Å². The summed E-state index contributed by atoms with van der Waals surface area (Å²) in [6.07, 6.45) is 2.63. The maximum atomic E-state index is 13.4. The van der Waals surface area contributed by atoms with Crippen molar-refractivity contribution in [1.29, 1.82) is 0 Å². The number of nitrogens with zero attached hydrogens (tertiary/aromatic N) is 4. The summed E-state index contributed by atoms with van der Waals surface area (Å²) in [5.74, 6) is 0.797. The Hall–Kier alpha value is -2.06. The van der Waals surface area contributed by atoms with Crippen LogP contribution in [0.25, 0.3) is 11.0 Å². The lowest BCUT2D eigenvalue weighted by molar-refractivity contribution is 0.194. The van der Waals surface area contributed by atoms with E-state index in [0.717, 1.165) is 18.3 Å². The minimum atomic E-state index is -0.903. The Morgan fingerprint density at radius 3 is 2.96 bits per heavy atom. The third-order valence-electron chi connectivity index (χ3n) is 4.22. The van der Waals surface area contributed by atoms with Gasteiger partial charge in [0.15, 0.2) is 0 Å². The van der Waals surface area contributed by atoms with Crippen LogP contribution in [-0.2, 0) is 6.54 Å². The fourth-order valence-electron chi connectivity index (χ4n) is 2.68. The molecular formula is C17H16BrFN4O2. The molecule has 6 nitrogen and oxygen atoms in total. The maximum absolute atomic E-state index is 13.4. The monoisotopic (exact) mass is 406 g/mol. The molecule has 0 spiro atoms. The second-order valence-corrected chi connectivity index (χ2v) is 7.08. The second-order valence-electron chi connectivity index (χ2n) is 6.29. The van der Waals surface area contributed by atoms with Gasteiger partial charge in [0.2, 0.25) is 5.88 Å². The van der Waals surface area contributed by atoms with E-state index in [2.05, 4.69) is 31.2 Å². The lowest BCUT2D eigenvalue weighted by Gasteiger charge is -2.13. The first-order valence-corrected chi connectivity index (χ1v) is 8.85. The zero-order chi connectivity index (χ0) is 17.6. The SMILES string of the molecule is CC(O)c1cc(F)cnc1Oc1ccc2c(nnn2CC2CC2)c1Br. The van der Waals surface area contributed by atoms with Crippen molar-refractivity contribution < 1.29 is 14.2 Å². The average molecular weight is 407 g/mol. The van der Waals surface area contributed by atoms with Crippen LogP contribution in [0.15, 0.2) is 28.9 Å². The first-order chi connectivity index (χ1) is 12.0. The molecule has 1 N–H and O–H groups in total. The fraction of sp³-hybridized carbons (Fsp3) is 0.353. The standard InChI is InChI=1S/C17H16BrFN4O2/c1-9(24)12-6-11(19)7-20-17(12)25-14-5-4-13-16(15(14)18)21-22-23(13)8-10-2-3-10/h4-7,9-10,24H,2-3,8H2,1H3. The van der Waals surface area contributed by atoms with Gasteiger partial charge in [0.25, 0.3) is 0 Å². The van der Waals surface area contributed by atoms with Gasteiger partial charge in [-0.15, -0.1) is 5.10 Å². The van der Waals surface area contributed by atoms with Crippen LogP contribution in [-0.4, -0.2) is 25.1 Å². The fourth-order valence-corrected chi connectivity index (χ4v) is 3.17. The topological polar surface area (TPSA) is 73.1 Å². The van der Waals surface area contributed by atoms with Gasteiger partial charge in [-0.2, -0.15) is 0 Å². The van der Waals surface area contributed by atoms with Crippen molar-refractivity contribution in [1.82, 2.24) is 20.0 Å². The summed E-state index contributed by atoms with van der Waals surface area (Å²) in [7, 11) is 0. The third kappa shape index (κ3) is 3.23. The molecule has 4 rings (SSSR count). The van der Waals surface area contributed by atoms with Crippen LogP contribution in [0.4, 0.5) is 4.39 Å². The normalized spacial score (nSPS) is 15.5. The van der Waals surface area contributed by atoms with Gasteiger partial charge in [-0.25, -0.2) is 14.1 Å². The predicted molar refractivity (Wildman–Crippen MR) is 92.9 cm³/mol. The van der Waals surface area contributed by atoms with Gasteiger partial charge in [0, 0.05) is 12.1 Å². The van der Waals surface area contributed by atoms with Crippen LogP contribution < -0.4 is 4.74 Å². The Morgan fingerprint density at radius 1 is 1.44 bits per heavy atom. The lowest BCUT2D eigenvalue weighted by Crippen LogP contribution is -2.02. The molecule has 0 aliphatic heterocycles. The molecule has 130 valence electrons. The first-order valence-electron chi connectivity index (χ1n) is 8.06.